The summed E-state index contributed by atoms with van der Waals surface area (Å²) in [4.78, 5) is 0. The fraction of sp³-hybridized carbons (Fsp3) is 0.538. The largest absolute Gasteiger partial charge is 0.490 e. The minimum Gasteiger partial charge on any atom is -0.490 e. The first-order chi connectivity index (χ1) is 8.16. The van der Waals surface area contributed by atoms with Crippen LogP contribution in [-0.4, -0.2) is 24.4 Å². The van der Waals surface area contributed by atoms with Gasteiger partial charge in [-0.1, -0.05) is 11.6 Å². The molecule has 0 spiro atoms. The molecular weight excluding hydrogens is 240 g/mol. The maximum atomic E-state index is 9.70. The standard InChI is InChI=1S/C13H17ClO3/c1-9(15)12-8-10(14)2-3-13(12)17-11-4-6-16-7-5-11/h2-3,8-9,11,15H,4-7H2,1H3/t9-/m1/s1. The predicted octanol–water partition coefficient (Wildman–Crippen LogP) is 2.95. The highest BCUT2D eigenvalue weighted by atomic mass is 35.5. The van der Waals surface area contributed by atoms with Crippen molar-refractivity contribution in [2.24, 2.45) is 0 Å². The summed E-state index contributed by atoms with van der Waals surface area (Å²) >= 11 is 5.92. The van der Waals surface area contributed by atoms with E-state index in [0.29, 0.717) is 5.02 Å². The van der Waals surface area contributed by atoms with Crippen LogP contribution in [0.15, 0.2) is 18.2 Å². The molecule has 3 nitrogen and oxygen atoms in total. The van der Waals surface area contributed by atoms with Crippen LogP contribution in [0.25, 0.3) is 0 Å². The fourth-order valence-corrected chi connectivity index (χ4v) is 2.11. The molecule has 1 aliphatic heterocycles. The summed E-state index contributed by atoms with van der Waals surface area (Å²) in [5.74, 6) is 0.719. The molecule has 1 saturated heterocycles. The molecule has 0 radical (unpaired) electrons. The number of aliphatic hydroxyl groups is 1. The van der Waals surface area contributed by atoms with E-state index < -0.39 is 6.10 Å². The lowest BCUT2D eigenvalue weighted by Crippen LogP contribution is -2.26. The molecule has 0 saturated carbocycles. The summed E-state index contributed by atoms with van der Waals surface area (Å²) in [6, 6.07) is 5.35. The van der Waals surface area contributed by atoms with Crippen LogP contribution < -0.4 is 4.74 Å². The van der Waals surface area contributed by atoms with Gasteiger partial charge in [0.1, 0.15) is 11.9 Å². The molecule has 0 bridgehead atoms. The van der Waals surface area contributed by atoms with Crippen molar-refractivity contribution in [3.05, 3.63) is 28.8 Å². The van der Waals surface area contributed by atoms with Gasteiger partial charge in [0.15, 0.2) is 0 Å². The average Bonchev–Trinajstić information content (AvgIpc) is 2.32. The topological polar surface area (TPSA) is 38.7 Å². The van der Waals surface area contributed by atoms with Gasteiger partial charge in [-0.15, -0.1) is 0 Å². The van der Waals surface area contributed by atoms with E-state index in [0.717, 1.165) is 37.4 Å². The van der Waals surface area contributed by atoms with E-state index in [9.17, 15) is 5.11 Å². The van der Waals surface area contributed by atoms with E-state index in [1.165, 1.54) is 0 Å². The van der Waals surface area contributed by atoms with Gasteiger partial charge >= 0.3 is 0 Å². The van der Waals surface area contributed by atoms with Crippen molar-refractivity contribution in [3.8, 4) is 5.75 Å². The minimum absolute atomic E-state index is 0.169. The van der Waals surface area contributed by atoms with E-state index in [-0.39, 0.29) is 6.10 Å². The first-order valence-corrected chi connectivity index (χ1v) is 6.26. The Morgan fingerprint density at radius 1 is 1.41 bits per heavy atom. The van der Waals surface area contributed by atoms with E-state index in [1.54, 1.807) is 19.1 Å². The second kappa shape index (κ2) is 5.71. The van der Waals surface area contributed by atoms with E-state index in [1.807, 2.05) is 6.07 Å². The molecule has 1 aromatic carbocycles. The molecule has 1 aromatic rings. The lowest BCUT2D eigenvalue weighted by atomic mass is 10.1. The molecule has 1 N–H and O–H groups in total. The number of rotatable bonds is 3. The number of aliphatic hydroxyl groups excluding tert-OH is 1. The van der Waals surface area contributed by atoms with Crippen LogP contribution in [0.4, 0.5) is 0 Å². The molecule has 1 heterocycles. The van der Waals surface area contributed by atoms with Gasteiger partial charge in [-0.3, -0.25) is 0 Å². The summed E-state index contributed by atoms with van der Waals surface area (Å²) in [7, 11) is 0. The van der Waals surface area contributed by atoms with Crippen molar-refractivity contribution in [2.75, 3.05) is 13.2 Å². The molecule has 1 fully saturated rings. The summed E-state index contributed by atoms with van der Waals surface area (Å²) < 4.78 is 11.2. The number of hydrogen-bond acceptors (Lipinski definition) is 3. The molecule has 0 aromatic heterocycles. The second-order valence-electron chi connectivity index (χ2n) is 4.29. The van der Waals surface area contributed by atoms with Crippen LogP contribution in [0.2, 0.25) is 5.02 Å². The Kier molecular flexibility index (Phi) is 4.26. The predicted molar refractivity (Wildman–Crippen MR) is 66.6 cm³/mol. The van der Waals surface area contributed by atoms with Gasteiger partial charge in [0.2, 0.25) is 0 Å². The molecule has 0 unspecified atom stereocenters. The monoisotopic (exact) mass is 256 g/mol. The molecule has 0 amide bonds. The second-order valence-corrected chi connectivity index (χ2v) is 4.72. The molecule has 1 aliphatic rings. The van der Waals surface area contributed by atoms with Gasteiger partial charge < -0.3 is 14.6 Å². The SMILES string of the molecule is C[C@@H](O)c1cc(Cl)ccc1OC1CCOCC1. The first-order valence-electron chi connectivity index (χ1n) is 5.88. The van der Waals surface area contributed by atoms with Gasteiger partial charge in [0, 0.05) is 23.4 Å². The van der Waals surface area contributed by atoms with Crippen molar-refractivity contribution in [1.82, 2.24) is 0 Å². The van der Waals surface area contributed by atoms with Crippen LogP contribution in [0.5, 0.6) is 5.75 Å². The molecule has 94 valence electrons. The maximum absolute atomic E-state index is 9.70. The van der Waals surface area contributed by atoms with Crippen molar-refractivity contribution >= 4 is 11.6 Å². The lowest BCUT2D eigenvalue weighted by Gasteiger charge is -2.25. The highest BCUT2D eigenvalue weighted by Crippen LogP contribution is 2.30. The van der Waals surface area contributed by atoms with Crippen molar-refractivity contribution in [1.29, 1.82) is 0 Å². The first kappa shape index (κ1) is 12.7. The smallest absolute Gasteiger partial charge is 0.125 e. The number of ether oxygens (including phenoxy) is 2. The van der Waals surface area contributed by atoms with E-state index in [4.69, 9.17) is 21.1 Å². The zero-order valence-electron chi connectivity index (χ0n) is 9.86. The van der Waals surface area contributed by atoms with E-state index >= 15 is 0 Å². The number of benzene rings is 1. The third kappa shape index (κ3) is 3.35. The van der Waals surface area contributed by atoms with Crippen molar-refractivity contribution in [2.45, 2.75) is 32.0 Å². The summed E-state index contributed by atoms with van der Waals surface area (Å²) in [6.07, 6.45) is 1.37. The van der Waals surface area contributed by atoms with Gasteiger partial charge in [-0.05, 0) is 25.1 Å². The minimum atomic E-state index is -0.580. The summed E-state index contributed by atoms with van der Waals surface area (Å²) in [6.45, 7) is 3.19. The third-order valence-electron chi connectivity index (χ3n) is 2.88. The Morgan fingerprint density at radius 2 is 2.12 bits per heavy atom. The number of hydrogen-bond donors (Lipinski definition) is 1. The molecular formula is C13H17ClO3. The Bertz CT molecular complexity index is 373. The normalized spacial score (nSPS) is 19.0. The van der Waals surface area contributed by atoms with E-state index in [2.05, 4.69) is 0 Å². The molecule has 1 atom stereocenters. The van der Waals surface area contributed by atoms with Gasteiger partial charge in [0.25, 0.3) is 0 Å². The Hall–Kier alpha value is -0.770. The fourth-order valence-electron chi connectivity index (χ4n) is 1.93. The third-order valence-corrected chi connectivity index (χ3v) is 3.12. The lowest BCUT2D eigenvalue weighted by molar-refractivity contribution is 0.0242. The quantitative estimate of drug-likeness (QED) is 0.904. The van der Waals surface area contributed by atoms with Gasteiger partial charge in [-0.25, -0.2) is 0 Å². The molecule has 0 aliphatic carbocycles. The number of halogens is 1. The van der Waals surface area contributed by atoms with Crippen LogP contribution in [0.3, 0.4) is 0 Å². The molecule has 4 heteroatoms. The Balaban J connectivity index is 2.13. The van der Waals surface area contributed by atoms with Crippen LogP contribution in [-0.2, 0) is 4.74 Å². The van der Waals surface area contributed by atoms with Crippen LogP contribution in [0.1, 0.15) is 31.4 Å². The molecule has 17 heavy (non-hydrogen) atoms. The van der Waals surface area contributed by atoms with Gasteiger partial charge in [-0.2, -0.15) is 0 Å². The Morgan fingerprint density at radius 3 is 2.76 bits per heavy atom. The summed E-state index contributed by atoms with van der Waals surface area (Å²) in [5, 5.41) is 10.3. The molecule has 2 rings (SSSR count). The van der Waals surface area contributed by atoms with Gasteiger partial charge in [0.05, 0.1) is 19.3 Å². The zero-order chi connectivity index (χ0) is 12.3. The van der Waals surface area contributed by atoms with Crippen molar-refractivity contribution < 1.29 is 14.6 Å². The highest BCUT2D eigenvalue weighted by Gasteiger charge is 2.18. The van der Waals surface area contributed by atoms with Crippen molar-refractivity contribution in [3.63, 3.8) is 0 Å². The highest BCUT2D eigenvalue weighted by molar-refractivity contribution is 6.30. The summed E-state index contributed by atoms with van der Waals surface area (Å²) in [5.41, 5.74) is 0.740. The Labute approximate surface area is 106 Å². The van der Waals surface area contributed by atoms with Crippen LogP contribution >= 0.6 is 11.6 Å². The maximum Gasteiger partial charge on any atom is 0.125 e. The average molecular weight is 257 g/mol. The van der Waals surface area contributed by atoms with Crippen LogP contribution in [0, 0.1) is 0 Å². The zero-order valence-corrected chi connectivity index (χ0v) is 10.6.